The van der Waals surface area contributed by atoms with Crippen molar-refractivity contribution in [2.24, 2.45) is 5.41 Å². The first-order valence-electron chi connectivity index (χ1n) is 15.5. The van der Waals surface area contributed by atoms with E-state index in [0.29, 0.717) is 0 Å². The lowest BCUT2D eigenvalue weighted by atomic mass is 9.56. The number of hydrogen-bond donors (Lipinski definition) is 1. The first-order chi connectivity index (χ1) is 19.7. The Balaban J connectivity index is 0.000000572. The van der Waals surface area contributed by atoms with E-state index in [1.54, 1.807) is 12.1 Å². The number of nitrogens with zero attached hydrogens (tertiary/aromatic N) is 1. The maximum absolute atomic E-state index is 12.9. The molecule has 0 aliphatic carbocycles. The highest BCUT2D eigenvalue weighted by Gasteiger charge is 2.60. The van der Waals surface area contributed by atoms with Crippen molar-refractivity contribution < 1.29 is 39.7 Å². The number of piperidine rings is 3. The molecular formula is C36H48Br2F3NO. The lowest BCUT2D eigenvalue weighted by Crippen LogP contribution is -3.00. The molecule has 2 nitrogen and oxygen atoms in total. The Morgan fingerprint density at radius 3 is 1.44 bits per heavy atom. The van der Waals surface area contributed by atoms with Gasteiger partial charge in [-0.25, -0.2) is 0 Å². The van der Waals surface area contributed by atoms with Gasteiger partial charge >= 0.3 is 6.18 Å². The normalized spacial score (nSPS) is 21.2. The molecule has 1 N–H and O–H groups in total. The molecule has 7 heteroatoms. The predicted molar refractivity (Wildman–Crippen MR) is 172 cm³/mol. The van der Waals surface area contributed by atoms with Crippen molar-refractivity contribution in [1.82, 2.24) is 0 Å². The van der Waals surface area contributed by atoms with Crippen molar-refractivity contribution in [1.29, 1.82) is 0 Å². The first kappa shape index (κ1) is 37.5. The number of unbranched alkanes of at least 4 members (excludes halogenated alkanes) is 5. The summed E-state index contributed by atoms with van der Waals surface area (Å²) in [6, 6.07) is 25.6. The van der Waals surface area contributed by atoms with Crippen molar-refractivity contribution in [3.05, 3.63) is 107 Å². The van der Waals surface area contributed by atoms with Gasteiger partial charge in [0.05, 0.1) is 25.2 Å². The van der Waals surface area contributed by atoms with Crippen LogP contribution in [0.5, 0.6) is 0 Å². The number of fused-ring (bicyclic) bond motifs is 3. The standard InChI is InChI=1S/C28H29F3NO.C8H18.2BrH/c29-28(30,31)25-13-11-22(12-14-25)21-32-18-15-26(16-19-32,17-20-32)27(33,23-7-3-1-4-8-23)24-9-5-2-6-10-24;1-3-5-7-8-6-4-2;;/h1-14,33H,15-21H2;3-8H2,1-2H3;2*1H/q+1;;;/p-1. The summed E-state index contributed by atoms with van der Waals surface area (Å²) in [5, 5.41) is 12.4. The molecule has 238 valence electrons. The highest BCUT2D eigenvalue weighted by atomic mass is 79.9. The Hall–Kier alpha value is -1.67. The Labute approximate surface area is 277 Å². The van der Waals surface area contributed by atoms with Gasteiger partial charge in [-0.2, -0.15) is 13.2 Å². The van der Waals surface area contributed by atoms with Crippen LogP contribution >= 0.6 is 17.0 Å². The van der Waals surface area contributed by atoms with Crippen LogP contribution in [0.4, 0.5) is 13.2 Å². The van der Waals surface area contributed by atoms with E-state index in [9.17, 15) is 18.3 Å². The minimum Gasteiger partial charge on any atom is -1.00 e. The van der Waals surface area contributed by atoms with Crippen LogP contribution < -0.4 is 17.0 Å². The Morgan fingerprint density at radius 1 is 0.651 bits per heavy atom. The second-order valence-electron chi connectivity index (χ2n) is 12.3. The van der Waals surface area contributed by atoms with Crippen LogP contribution in [0.25, 0.3) is 0 Å². The van der Waals surface area contributed by atoms with Gasteiger partial charge in [0, 0.05) is 30.2 Å². The van der Waals surface area contributed by atoms with Crippen molar-refractivity contribution in [2.45, 2.75) is 90.0 Å². The Bertz CT molecular complexity index is 1130. The summed E-state index contributed by atoms with van der Waals surface area (Å²) in [4.78, 5) is 0. The molecule has 0 unspecified atom stereocenters. The van der Waals surface area contributed by atoms with E-state index in [2.05, 4.69) is 13.8 Å². The van der Waals surface area contributed by atoms with Gasteiger partial charge < -0.3 is 26.6 Å². The van der Waals surface area contributed by atoms with E-state index in [1.807, 2.05) is 60.7 Å². The molecule has 3 aromatic rings. The van der Waals surface area contributed by atoms with Crippen LogP contribution in [0.3, 0.4) is 0 Å². The minimum atomic E-state index is -4.31. The summed E-state index contributed by atoms with van der Waals surface area (Å²) >= 11 is 0. The van der Waals surface area contributed by atoms with Gasteiger partial charge in [-0.05, 0) is 23.3 Å². The van der Waals surface area contributed by atoms with E-state index in [0.717, 1.165) is 66.6 Å². The maximum Gasteiger partial charge on any atom is 0.416 e. The number of aliphatic hydroxyl groups is 1. The molecule has 3 aliphatic rings. The smallest absolute Gasteiger partial charge is 0.416 e. The number of hydrogen-bond acceptors (Lipinski definition) is 1. The van der Waals surface area contributed by atoms with Gasteiger partial charge in [0.15, 0.2) is 0 Å². The molecule has 3 aromatic carbocycles. The second kappa shape index (κ2) is 16.6. The molecule has 0 aromatic heterocycles. The topological polar surface area (TPSA) is 20.2 Å². The average Bonchev–Trinajstić information content (AvgIpc) is 3.01. The lowest BCUT2D eigenvalue weighted by molar-refractivity contribution is -0.958. The van der Waals surface area contributed by atoms with Gasteiger partial charge in [-0.15, -0.1) is 17.0 Å². The fourth-order valence-electron chi connectivity index (χ4n) is 7.02. The third kappa shape index (κ3) is 8.74. The number of rotatable bonds is 10. The summed E-state index contributed by atoms with van der Waals surface area (Å²) in [6.45, 7) is 8.01. The Kier molecular flexibility index (Phi) is 14.5. The average molecular weight is 728 g/mol. The molecular weight excluding hydrogens is 679 g/mol. The van der Waals surface area contributed by atoms with Crippen molar-refractivity contribution >= 4 is 17.0 Å². The van der Waals surface area contributed by atoms with Crippen molar-refractivity contribution in [3.8, 4) is 0 Å². The molecule has 0 amide bonds. The first-order valence-corrected chi connectivity index (χ1v) is 15.5. The van der Waals surface area contributed by atoms with Crippen LogP contribution in [0, 0.1) is 5.41 Å². The van der Waals surface area contributed by atoms with Gasteiger partial charge in [0.1, 0.15) is 12.1 Å². The highest BCUT2D eigenvalue weighted by Crippen LogP contribution is 2.57. The zero-order valence-corrected chi connectivity index (χ0v) is 28.9. The molecule has 43 heavy (non-hydrogen) atoms. The molecule has 3 fully saturated rings. The van der Waals surface area contributed by atoms with Crippen LogP contribution in [-0.4, -0.2) is 29.2 Å². The maximum atomic E-state index is 12.9. The SMILES string of the molecule is Br.CCCCCCCC.OC(c1ccccc1)(c1ccccc1)C12CC[N+](Cc3ccc(C(F)(F)F)cc3)(CC1)CC2.[Br-]. The molecule has 3 aliphatic heterocycles. The Morgan fingerprint density at radius 2 is 1.07 bits per heavy atom. The van der Waals surface area contributed by atoms with E-state index in [4.69, 9.17) is 0 Å². The van der Waals surface area contributed by atoms with Crippen LogP contribution in [0.1, 0.15) is 93.9 Å². The quantitative estimate of drug-likeness (QED) is 0.175. The van der Waals surface area contributed by atoms with Gasteiger partial charge in [-0.1, -0.05) is 125 Å². The molecule has 3 heterocycles. The van der Waals surface area contributed by atoms with Crippen LogP contribution in [-0.2, 0) is 18.3 Å². The fourth-order valence-corrected chi connectivity index (χ4v) is 7.02. The number of benzene rings is 3. The molecule has 3 saturated heterocycles. The molecule has 0 atom stereocenters. The number of quaternary nitrogens is 1. The zero-order chi connectivity index (χ0) is 29.4. The van der Waals surface area contributed by atoms with Crippen LogP contribution in [0.15, 0.2) is 84.9 Å². The molecule has 0 saturated carbocycles. The van der Waals surface area contributed by atoms with Crippen molar-refractivity contribution in [2.75, 3.05) is 19.6 Å². The van der Waals surface area contributed by atoms with Gasteiger partial charge in [-0.3, -0.25) is 0 Å². The van der Waals surface area contributed by atoms with Crippen LogP contribution in [0.2, 0.25) is 0 Å². The largest absolute Gasteiger partial charge is 1.00 e. The van der Waals surface area contributed by atoms with Gasteiger partial charge in [0.2, 0.25) is 0 Å². The third-order valence-electron chi connectivity index (χ3n) is 9.60. The van der Waals surface area contributed by atoms with Crippen molar-refractivity contribution in [3.63, 3.8) is 0 Å². The van der Waals surface area contributed by atoms with E-state index < -0.39 is 17.3 Å². The van der Waals surface area contributed by atoms with Gasteiger partial charge in [0.25, 0.3) is 0 Å². The fraction of sp³-hybridized carbons (Fsp3) is 0.500. The van der Waals surface area contributed by atoms with E-state index in [-0.39, 0.29) is 39.4 Å². The lowest BCUT2D eigenvalue weighted by Gasteiger charge is -2.60. The molecule has 0 spiro atoms. The molecule has 6 rings (SSSR count). The number of alkyl halides is 3. The third-order valence-corrected chi connectivity index (χ3v) is 9.60. The monoisotopic (exact) mass is 725 g/mol. The zero-order valence-electron chi connectivity index (χ0n) is 25.6. The summed E-state index contributed by atoms with van der Waals surface area (Å²) in [5.41, 5.74) is 0.884. The summed E-state index contributed by atoms with van der Waals surface area (Å²) in [5.74, 6) is 0. The summed E-state index contributed by atoms with van der Waals surface area (Å²) in [6.07, 6.45) is 6.83. The predicted octanol–water partition coefficient (Wildman–Crippen LogP) is 7.09. The number of halogens is 5. The second-order valence-corrected chi connectivity index (χ2v) is 12.3. The minimum absolute atomic E-state index is 0. The van der Waals surface area contributed by atoms with E-state index in [1.165, 1.54) is 50.7 Å². The summed E-state index contributed by atoms with van der Waals surface area (Å²) < 4.78 is 39.7. The highest BCUT2D eigenvalue weighted by molar-refractivity contribution is 8.93. The molecule has 0 radical (unpaired) electrons. The van der Waals surface area contributed by atoms with E-state index >= 15 is 0 Å². The molecule has 2 bridgehead atoms. The summed E-state index contributed by atoms with van der Waals surface area (Å²) in [7, 11) is 0.